The number of nitrogens with zero attached hydrogens (tertiary/aromatic N) is 5. The van der Waals surface area contributed by atoms with Crippen LogP contribution in [0.1, 0.15) is 6.42 Å². The normalized spacial score (nSPS) is 11.0. The first-order valence-electron chi connectivity index (χ1n) is 8.74. The molecule has 0 radical (unpaired) electrons. The van der Waals surface area contributed by atoms with Crippen LogP contribution in [0, 0.1) is 10.1 Å². The largest absolute Gasteiger partial charge is 0.475 e. The Hall–Kier alpha value is -4.07. The van der Waals surface area contributed by atoms with Crippen LogP contribution in [0.5, 0.6) is 5.88 Å². The van der Waals surface area contributed by atoms with Gasteiger partial charge in [0.25, 0.3) is 10.0 Å². The minimum Gasteiger partial charge on any atom is -0.475 e. The van der Waals surface area contributed by atoms with Crippen molar-refractivity contribution in [3.05, 3.63) is 59.0 Å². The number of amides is 1. The van der Waals surface area contributed by atoms with E-state index >= 15 is 0 Å². The van der Waals surface area contributed by atoms with Gasteiger partial charge in [-0.1, -0.05) is 0 Å². The highest BCUT2D eigenvalue weighted by Gasteiger charge is 2.20. The Labute approximate surface area is 176 Å². The second-order valence-electron chi connectivity index (χ2n) is 6.04. The first-order chi connectivity index (χ1) is 14.8. The molecule has 0 aliphatic carbocycles. The van der Waals surface area contributed by atoms with Crippen LogP contribution in [-0.2, 0) is 21.4 Å². The SMILES string of the molecule is COc1nn(CCC(=O)Nc2ccc(S(=O)(=O)Nc3ncccn3)cc2)cc1[N+](=O)[O-]. The number of aromatic nitrogens is 4. The van der Waals surface area contributed by atoms with E-state index in [-0.39, 0.29) is 41.3 Å². The van der Waals surface area contributed by atoms with Crippen LogP contribution in [0.2, 0.25) is 0 Å². The number of hydrogen-bond acceptors (Lipinski definition) is 9. The molecule has 0 saturated carbocycles. The molecule has 2 N–H and O–H groups in total. The predicted molar refractivity (Wildman–Crippen MR) is 108 cm³/mol. The van der Waals surface area contributed by atoms with Gasteiger partial charge in [0.2, 0.25) is 11.9 Å². The van der Waals surface area contributed by atoms with Gasteiger partial charge in [-0.2, -0.15) is 0 Å². The minimum absolute atomic E-state index is 0.0189. The zero-order chi connectivity index (χ0) is 22.4. The summed E-state index contributed by atoms with van der Waals surface area (Å²) >= 11 is 0. The van der Waals surface area contributed by atoms with E-state index in [4.69, 9.17) is 4.74 Å². The number of nitro groups is 1. The smallest absolute Gasteiger partial charge is 0.350 e. The molecular weight excluding hydrogens is 430 g/mol. The van der Waals surface area contributed by atoms with Gasteiger partial charge in [-0.15, -0.1) is 5.10 Å². The molecule has 1 aromatic carbocycles. The van der Waals surface area contributed by atoms with Crippen molar-refractivity contribution in [2.24, 2.45) is 0 Å². The molecule has 0 saturated heterocycles. The van der Waals surface area contributed by atoms with Crippen molar-refractivity contribution in [3.8, 4) is 5.88 Å². The van der Waals surface area contributed by atoms with Gasteiger partial charge in [0, 0.05) is 24.5 Å². The number of carbonyl (C=O) groups is 1. The summed E-state index contributed by atoms with van der Waals surface area (Å²) < 4.78 is 33.0. The van der Waals surface area contributed by atoms with Crippen molar-refractivity contribution in [2.75, 3.05) is 17.1 Å². The quantitative estimate of drug-likeness (QED) is 0.363. The van der Waals surface area contributed by atoms with Gasteiger partial charge in [0.05, 0.1) is 23.5 Å². The molecule has 31 heavy (non-hydrogen) atoms. The second-order valence-corrected chi connectivity index (χ2v) is 7.73. The monoisotopic (exact) mass is 447 g/mol. The van der Waals surface area contributed by atoms with Gasteiger partial charge in [0.1, 0.15) is 6.20 Å². The number of methoxy groups -OCH3 is 1. The van der Waals surface area contributed by atoms with E-state index in [1.807, 2.05) is 0 Å². The first-order valence-corrected chi connectivity index (χ1v) is 10.2. The van der Waals surface area contributed by atoms with E-state index in [1.54, 1.807) is 6.07 Å². The number of sulfonamides is 1. The summed E-state index contributed by atoms with van der Waals surface area (Å²) in [6.45, 7) is 0.0868. The standard InChI is InChI=1S/C17H17N7O6S/c1-30-16-14(24(26)27)11-23(21-16)10-7-15(25)20-12-3-5-13(6-4-12)31(28,29)22-17-18-8-2-9-19-17/h2-6,8-9,11H,7,10H2,1H3,(H,20,25)(H,18,19,22). The summed E-state index contributed by atoms with van der Waals surface area (Å²) in [5, 5.41) is 17.4. The van der Waals surface area contributed by atoms with Crippen LogP contribution in [0.3, 0.4) is 0 Å². The van der Waals surface area contributed by atoms with Crippen LogP contribution in [-0.4, -0.2) is 46.1 Å². The maximum absolute atomic E-state index is 12.4. The summed E-state index contributed by atoms with van der Waals surface area (Å²) in [6.07, 6.45) is 3.96. The summed E-state index contributed by atoms with van der Waals surface area (Å²) in [7, 11) is -2.62. The molecule has 0 unspecified atom stereocenters. The third-order valence-corrected chi connectivity index (χ3v) is 5.25. The minimum atomic E-state index is -3.88. The molecule has 0 spiro atoms. The van der Waals surface area contributed by atoms with Crippen LogP contribution in [0.4, 0.5) is 17.3 Å². The van der Waals surface area contributed by atoms with Gasteiger partial charge >= 0.3 is 11.6 Å². The fraction of sp³-hybridized carbons (Fsp3) is 0.176. The molecule has 0 bridgehead atoms. The average molecular weight is 447 g/mol. The van der Waals surface area contributed by atoms with Crippen LogP contribution < -0.4 is 14.8 Å². The molecule has 162 valence electrons. The summed E-state index contributed by atoms with van der Waals surface area (Å²) in [6, 6.07) is 7.06. The molecule has 2 aromatic heterocycles. The molecule has 0 aliphatic heterocycles. The molecule has 0 aliphatic rings. The highest BCUT2D eigenvalue weighted by molar-refractivity contribution is 7.92. The number of benzene rings is 1. The Morgan fingerprint density at radius 2 is 1.90 bits per heavy atom. The molecule has 2 heterocycles. The van der Waals surface area contributed by atoms with Gasteiger partial charge in [-0.05, 0) is 30.3 Å². The lowest BCUT2D eigenvalue weighted by atomic mass is 10.3. The van der Waals surface area contributed by atoms with Crippen molar-refractivity contribution in [1.29, 1.82) is 0 Å². The van der Waals surface area contributed by atoms with E-state index < -0.39 is 14.9 Å². The van der Waals surface area contributed by atoms with E-state index in [2.05, 4.69) is 25.1 Å². The zero-order valence-electron chi connectivity index (χ0n) is 16.1. The number of nitrogens with one attached hydrogen (secondary N) is 2. The highest BCUT2D eigenvalue weighted by atomic mass is 32.2. The summed E-state index contributed by atoms with van der Waals surface area (Å²) in [5.41, 5.74) is 0.0816. The van der Waals surface area contributed by atoms with Gasteiger partial charge in [-0.25, -0.2) is 23.1 Å². The fourth-order valence-electron chi connectivity index (χ4n) is 2.47. The Balaban J connectivity index is 1.58. The topological polar surface area (TPSA) is 171 Å². The molecular formula is C17H17N7O6S. The van der Waals surface area contributed by atoms with Crippen molar-refractivity contribution in [2.45, 2.75) is 17.9 Å². The molecule has 14 heteroatoms. The molecule has 3 rings (SSSR count). The van der Waals surface area contributed by atoms with Crippen molar-refractivity contribution in [1.82, 2.24) is 19.7 Å². The fourth-order valence-corrected chi connectivity index (χ4v) is 3.42. The van der Waals surface area contributed by atoms with Gasteiger partial charge in [0.15, 0.2) is 0 Å². The third-order valence-electron chi connectivity index (χ3n) is 3.91. The Kier molecular flexibility index (Phi) is 6.40. The lowest BCUT2D eigenvalue weighted by Gasteiger charge is -2.08. The molecule has 0 fully saturated rings. The Morgan fingerprint density at radius 1 is 1.23 bits per heavy atom. The maximum Gasteiger partial charge on any atom is 0.350 e. The van der Waals surface area contributed by atoms with Crippen molar-refractivity contribution >= 4 is 33.3 Å². The van der Waals surface area contributed by atoms with E-state index in [9.17, 15) is 23.3 Å². The number of hydrogen-bond donors (Lipinski definition) is 2. The summed E-state index contributed by atoms with van der Waals surface area (Å²) in [4.78, 5) is 30.0. The van der Waals surface area contributed by atoms with Crippen LogP contribution in [0.25, 0.3) is 0 Å². The summed E-state index contributed by atoms with van der Waals surface area (Å²) in [5.74, 6) is -0.587. The van der Waals surface area contributed by atoms with E-state index in [0.717, 1.165) is 0 Å². The molecule has 1 amide bonds. The Bertz CT molecular complexity index is 1180. The number of rotatable bonds is 9. The molecule has 3 aromatic rings. The van der Waals surface area contributed by atoms with Crippen LogP contribution in [0.15, 0.2) is 53.8 Å². The first kappa shape index (κ1) is 21.6. The highest BCUT2D eigenvalue weighted by Crippen LogP contribution is 2.24. The van der Waals surface area contributed by atoms with E-state index in [0.29, 0.717) is 5.69 Å². The number of aryl methyl sites for hydroxylation is 1. The van der Waals surface area contributed by atoms with E-state index in [1.165, 1.54) is 54.6 Å². The lowest BCUT2D eigenvalue weighted by molar-refractivity contribution is -0.385. The van der Waals surface area contributed by atoms with Gasteiger partial charge < -0.3 is 10.1 Å². The molecule has 0 atom stereocenters. The third kappa shape index (κ3) is 5.51. The van der Waals surface area contributed by atoms with Crippen LogP contribution >= 0.6 is 0 Å². The zero-order valence-corrected chi connectivity index (χ0v) is 16.9. The maximum atomic E-state index is 12.4. The lowest BCUT2D eigenvalue weighted by Crippen LogP contribution is -2.16. The second kappa shape index (κ2) is 9.17. The van der Waals surface area contributed by atoms with Crippen molar-refractivity contribution < 1.29 is 22.9 Å². The average Bonchev–Trinajstić information content (AvgIpc) is 3.17. The number of carbonyl (C=O) groups excluding carboxylic acids is 1. The predicted octanol–water partition coefficient (Wildman–Crippen LogP) is 1.42. The van der Waals surface area contributed by atoms with Crippen molar-refractivity contribution in [3.63, 3.8) is 0 Å². The van der Waals surface area contributed by atoms with Gasteiger partial charge in [-0.3, -0.25) is 19.6 Å². The Morgan fingerprint density at radius 3 is 2.48 bits per heavy atom. The molecule has 13 nitrogen and oxygen atoms in total. The number of ether oxygens (including phenoxy) is 1. The number of anilines is 2.